The number of rotatable bonds is 3. The summed E-state index contributed by atoms with van der Waals surface area (Å²) in [7, 11) is 0. The van der Waals surface area contributed by atoms with Crippen LogP contribution in [0, 0.1) is 5.82 Å². The van der Waals surface area contributed by atoms with Gasteiger partial charge in [0.15, 0.2) is 5.78 Å². The van der Waals surface area contributed by atoms with E-state index in [1.54, 1.807) is 26.8 Å². The van der Waals surface area contributed by atoms with Crippen LogP contribution in [0.4, 0.5) is 9.18 Å². The summed E-state index contributed by atoms with van der Waals surface area (Å²) in [6.07, 6.45) is -0.754. The number of halogens is 1. The van der Waals surface area contributed by atoms with Crippen molar-refractivity contribution >= 4 is 11.9 Å². The van der Waals surface area contributed by atoms with E-state index in [0.29, 0.717) is 0 Å². The highest BCUT2D eigenvalue weighted by molar-refractivity contribution is 5.86. The predicted molar refractivity (Wildman–Crippen MR) is 69.2 cm³/mol. The van der Waals surface area contributed by atoms with Crippen LogP contribution < -0.4 is 5.32 Å². The third-order valence-electron chi connectivity index (χ3n) is 2.28. The number of benzene rings is 1. The highest BCUT2D eigenvalue weighted by atomic mass is 19.1. The molecule has 0 saturated heterocycles. The number of carbonyl (C=O) groups is 2. The number of ketones is 1. The lowest BCUT2D eigenvalue weighted by Gasteiger charge is -2.22. The maximum atomic E-state index is 13.6. The molecule has 0 aliphatic rings. The smallest absolute Gasteiger partial charge is 0.408 e. The number of alkyl carbamates (subject to hydrolysis) is 1. The van der Waals surface area contributed by atoms with Gasteiger partial charge >= 0.3 is 6.09 Å². The van der Waals surface area contributed by atoms with Crippen molar-refractivity contribution in [3.8, 4) is 0 Å². The molecule has 1 aromatic rings. The van der Waals surface area contributed by atoms with Gasteiger partial charge in [0.25, 0.3) is 0 Å². The van der Waals surface area contributed by atoms with Crippen molar-refractivity contribution in [2.24, 2.45) is 0 Å². The minimum absolute atomic E-state index is 0.126. The van der Waals surface area contributed by atoms with Crippen LogP contribution in [0.3, 0.4) is 0 Å². The van der Waals surface area contributed by atoms with Gasteiger partial charge in [-0.2, -0.15) is 0 Å². The van der Waals surface area contributed by atoms with E-state index < -0.39 is 23.6 Å². The van der Waals surface area contributed by atoms with Crippen molar-refractivity contribution in [2.75, 3.05) is 0 Å². The molecule has 1 amide bonds. The number of Topliss-reactive ketones (excluding diaryl/α,β-unsaturated/α-hetero) is 1. The van der Waals surface area contributed by atoms with E-state index in [1.807, 2.05) is 0 Å². The highest BCUT2D eigenvalue weighted by Crippen LogP contribution is 2.18. The van der Waals surface area contributed by atoms with Gasteiger partial charge in [-0.3, -0.25) is 4.79 Å². The van der Waals surface area contributed by atoms with E-state index in [0.717, 1.165) is 0 Å². The molecular weight excluding hydrogens is 249 g/mol. The monoisotopic (exact) mass is 267 g/mol. The van der Waals surface area contributed by atoms with Gasteiger partial charge in [0.2, 0.25) is 0 Å². The van der Waals surface area contributed by atoms with Crippen LogP contribution in [0.1, 0.15) is 39.3 Å². The first-order valence-electron chi connectivity index (χ1n) is 5.95. The average molecular weight is 267 g/mol. The Morgan fingerprint density at radius 2 is 1.84 bits per heavy atom. The molecule has 0 radical (unpaired) electrons. The fourth-order valence-electron chi connectivity index (χ4n) is 1.53. The highest BCUT2D eigenvalue weighted by Gasteiger charge is 2.25. The number of nitrogens with one attached hydrogen (secondary N) is 1. The van der Waals surface area contributed by atoms with Crippen molar-refractivity contribution < 1.29 is 18.7 Å². The van der Waals surface area contributed by atoms with Gasteiger partial charge in [0.05, 0.1) is 0 Å². The first-order valence-corrected chi connectivity index (χ1v) is 5.95. The van der Waals surface area contributed by atoms with Crippen molar-refractivity contribution in [1.82, 2.24) is 5.32 Å². The Balaban J connectivity index is 2.89. The van der Waals surface area contributed by atoms with Crippen molar-refractivity contribution in [3.63, 3.8) is 0 Å². The first kappa shape index (κ1) is 15.1. The summed E-state index contributed by atoms with van der Waals surface area (Å²) in [6.45, 7) is 6.41. The molecule has 0 heterocycles. The maximum absolute atomic E-state index is 13.6. The van der Waals surface area contributed by atoms with Crippen LogP contribution in [0.15, 0.2) is 24.3 Å². The standard InChI is InChI=1S/C14H18FNO3/c1-9(17)12(10-7-5-6-8-11(10)15)16-13(18)19-14(2,3)4/h5-8,12H,1-4H3,(H,16,18)/t12-/m1/s1. The summed E-state index contributed by atoms with van der Waals surface area (Å²) in [4.78, 5) is 23.2. The first-order chi connectivity index (χ1) is 8.70. The molecular formula is C14H18FNO3. The lowest BCUT2D eigenvalue weighted by Crippen LogP contribution is -2.37. The fourth-order valence-corrected chi connectivity index (χ4v) is 1.53. The predicted octanol–water partition coefficient (Wildman–Crippen LogP) is 2.98. The Labute approximate surface area is 112 Å². The summed E-state index contributed by atoms with van der Waals surface area (Å²) in [5.74, 6) is -0.908. The summed E-state index contributed by atoms with van der Waals surface area (Å²) < 4.78 is 18.7. The molecule has 1 atom stereocenters. The molecule has 5 heteroatoms. The van der Waals surface area contributed by atoms with Crippen LogP contribution in [-0.4, -0.2) is 17.5 Å². The molecule has 4 nitrogen and oxygen atoms in total. The van der Waals surface area contributed by atoms with Crippen molar-refractivity contribution in [1.29, 1.82) is 0 Å². The van der Waals surface area contributed by atoms with Gasteiger partial charge in [-0.25, -0.2) is 9.18 Å². The molecule has 0 aliphatic carbocycles. The molecule has 1 rings (SSSR count). The van der Waals surface area contributed by atoms with E-state index in [1.165, 1.54) is 25.1 Å². The number of carbonyl (C=O) groups excluding carboxylic acids is 2. The number of amides is 1. The topological polar surface area (TPSA) is 55.4 Å². The Hall–Kier alpha value is -1.91. The molecule has 1 aromatic carbocycles. The fraction of sp³-hybridized carbons (Fsp3) is 0.429. The minimum Gasteiger partial charge on any atom is -0.444 e. The Morgan fingerprint density at radius 1 is 1.26 bits per heavy atom. The van der Waals surface area contributed by atoms with E-state index in [9.17, 15) is 14.0 Å². The Bertz CT molecular complexity index is 480. The van der Waals surface area contributed by atoms with E-state index in [2.05, 4.69) is 5.32 Å². The van der Waals surface area contributed by atoms with Gasteiger partial charge in [0.1, 0.15) is 17.5 Å². The summed E-state index contributed by atoms with van der Waals surface area (Å²) in [6, 6.07) is 4.77. The van der Waals surface area contributed by atoms with Crippen LogP contribution in [0.5, 0.6) is 0 Å². The zero-order valence-electron chi connectivity index (χ0n) is 11.5. The lowest BCUT2D eigenvalue weighted by atomic mass is 10.0. The van der Waals surface area contributed by atoms with Crippen molar-refractivity contribution in [3.05, 3.63) is 35.6 Å². The van der Waals surface area contributed by atoms with Gasteiger partial charge in [0, 0.05) is 5.56 Å². The molecule has 0 aliphatic heterocycles. The third-order valence-corrected chi connectivity index (χ3v) is 2.28. The average Bonchev–Trinajstić information content (AvgIpc) is 2.24. The van der Waals surface area contributed by atoms with Gasteiger partial charge in [-0.1, -0.05) is 18.2 Å². The van der Waals surface area contributed by atoms with Crippen LogP contribution in [0.25, 0.3) is 0 Å². The number of hydrogen-bond acceptors (Lipinski definition) is 3. The van der Waals surface area contributed by atoms with E-state index >= 15 is 0 Å². The SMILES string of the molecule is CC(=O)[C@@H](NC(=O)OC(C)(C)C)c1ccccc1F. The zero-order chi connectivity index (χ0) is 14.6. The maximum Gasteiger partial charge on any atom is 0.408 e. The quantitative estimate of drug-likeness (QED) is 0.916. The summed E-state index contributed by atoms with van der Waals surface area (Å²) in [5, 5.41) is 2.38. The van der Waals surface area contributed by atoms with E-state index in [4.69, 9.17) is 4.74 Å². The second-order valence-electron chi connectivity index (χ2n) is 5.21. The molecule has 0 bridgehead atoms. The molecule has 0 aromatic heterocycles. The molecule has 104 valence electrons. The number of ether oxygens (including phenoxy) is 1. The summed E-state index contributed by atoms with van der Waals surface area (Å²) in [5.41, 5.74) is -0.554. The van der Waals surface area contributed by atoms with Crippen LogP contribution in [0.2, 0.25) is 0 Å². The number of hydrogen-bond donors (Lipinski definition) is 1. The van der Waals surface area contributed by atoms with E-state index in [-0.39, 0.29) is 11.3 Å². The Morgan fingerprint density at radius 3 is 2.32 bits per heavy atom. The molecule has 19 heavy (non-hydrogen) atoms. The Kier molecular flexibility index (Phi) is 4.64. The van der Waals surface area contributed by atoms with Crippen LogP contribution in [-0.2, 0) is 9.53 Å². The largest absolute Gasteiger partial charge is 0.444 e. The molecule has 0 unspecified atom stereocenters. The van der Waals surface area contributed by atoms with Gasteiger partial charge in [-0.05, 0) is 33.8 Å². The van der Waals surface area contributed by atoms with Crippen molar-refractivity contribution in [2.45, 2.75) is 39.3 Å². The molecule has 1 N–H and O–H groups in total. The molecule has 0 saturated carbocycles. The second kappa shape index (κ2) is 5.82. The lowest BCUT2D eigenvalue weighted by molar-refractivity contribution is -0.119. The summed E-state index contributed by atoms with van der Waals surface area (Å²) >= 11 is 0. The molecule has 0 fully saturated rings. The normalized spacial score (nSPS) is 12.7. The minimum atomic E-state index is -1.05. The molecule has 0 spiro atoms. The van der Waals surface area contributed by atoms with Gasteiger partial charge in [-0.15, -0.1) is 0 Å². The van der Waals surface area contributed by atoms with Gasteiger partial charge < -0.3 is 10.1 Å². The zero-order valence-corrected chi connectivity index (χ0v) is 11.5. The third kappa shape index (κ3) is 4.69. The second-order valence-corrected chi connectivity index (χ2v) is 5.21. The van der Waals surface area contributed by atoms with Crippen LogP contribution >= 0.6 is 0 Å².